The molecule has 3 heterocycles. The second-order valence-corrected chi connectivity index (χ2v) is 5.15. The van der Waals surface area contributed by atoms with Crippen molar-refractivity contribution in [1.29, 1.82) is 0 Å². The molecule has 0 bridgehead atoms. The lowest BCUT2D eigenvalue weighted by Crippen LogP contribution is -2.25. The summed E-state index contributed by atoms with van der Waals surface area (Å²) >= 11 is 0. The molecular formula is C11H18BN3O2. The van der Waals surface area contributed by atoms with Crippen molar-refractivity contribution in [3.8, 4) is 0 Å². The van der Waals surface area contributed by atoms with Gasteiger partial charge in [0, 0.05) is 24.6 Å². The van der Waals surface area contributed by atoms with E-state index < -0.39 is 7.12 Å². The number of nitrogens with zero attached hydrogens (tertiary/aromatic N) is 3. The van der Waals surface area contributed by atoms with Crippen LogP contribution in [0.25, 0.3) is 0 Å². The molecule has 17 heavy (non-hydrogen) atoms. The lowest BCUT2D eigenvalue weighted by molar-refractivity contribution is 0.316. The normalized spacial score (nSPS) is 24.2. The Hall–Kier alpha value is -0.845. The van der Waals surface area contributed by atoms with Crippen molar-refractivity contribution in [1.82, 2.24) is 14.7 Å². The molecule has 0 radical (unpaired) electrons. The highest BCUT2D eigenvalue weighted by Crippen LogP contribution is 2.24. The second-order valence-electron chi connectivity index (χ2n) is 5.15. The van der Waals surface area contributed by atoms with Crippen molar-refractivity contribution in [2.45, 2.75) is 38.2 Å². The van der Waals surface area contributed by atoms with Gasteiger partial charge in [0.1, 0.15) is 0 Å². The van der Waals surface area contributed by atoms with Crippen molar-refractivity contribution in [2.24, 2.45) is 0 Å². The molecule has 1 aromatic rings. The van der Waals surface area contributed by atoms with Gasteiger partial charge < -0.3 is 10.0 Å². The zero-order chi connectivity index (χ0) is 11.8. The molecule has 2 aliphatic heterocycles. The Kier molecular flexibility index (Phi) is 2.94. The van der Waals surface area contributed by atoms with Gasteiger partial charge in [0.25, 0.3) is 0 Å². The molecule has 1 atom stereocenters. The first-order valence-electron chi connectivity index (χ1n) is 6.36. The van der Waals surface area contributed by atoms with E-state index >= 15 is 0 Å². The zero-order valence-corrected chi connectivity index (χ0v) is 9.92. The van der Waals surface area contributed by atoms with Gasteiger partial charge in [-0.1, -0.05) is 0 Å². The van der Waals surface area contributed by atoms with Gasteiger partial charge in [0.05, 0.1) is 5.69 Å². The maximum absolute atomic E-state index is 9.14. The van der Waals surface area contributed by atoms with Crippen LogP contribution in [0.4, 0.5) is 0 Å². The summed E-state index contributed by atoms with van der Waals surface area (Å²) in [5.74, 6) is 0.00413. The molecule has 3 rings (SSSR count). The molecule has 0 aromatic carbocycles. The van der Waals surface area contributed by atoms with Gasteiger partial charge in [0.15, 0.2) is 0 Å². The lowest BCUT2D eigenvalue weighted by atomic mass is 9.72. The van der Waals surface area contributed by atoms with Crippen LogP contribution >= 0.6 is 0 Å². The maximum Gasteiger partial charge on any atom is 0.456 e. The summed E-state index contributed by atoms with van der Waals surface area (Å²) in [6.45, 7) is 3.58. The molecule has 92 valence electrons. The van der Waals surface area contributed by atoms with E-state index in [0.717, 1.165) is 44.7 Å². The minimum Gasteiger partial charge on any atom is -0.427 e. The van der Waals surface area contributed by atoms with Crippen molar-refractivity contribution < 1.29 is 10.0 Å². The molecule has 0 unspecified atom stereocenters. The van der Waals surface area contributed by atoms with E-state index in [0.29, 0.717) is 0 Å². The molecule has 1 fully saturated rings. The summed E-state index contributed by atoms with van der Waals surface area (Å²) in [4.78, 5) is 2.25. The van der Waals surface area contributed by atoms with Gasteiger partial charge in [-0.2, -0.15) is 5.10 Å². The van der Waals surface area contributed by atoms with Crippen LogP contribution in [0.1, 0.15) is 24.2 Å². The highest BCUT2D eigenvalue weighted by Gasteiger charge is 2.31. The summed E-state index contributed by atoms with van der Waals surface area (Å²) < 4.78 is 2.10. The quantitative estimate of drug-likeness (QED) is 0.717. The maximum atomic E-state index is 9.14. The summed E-state index contributed by atoms with van der Waals surface area (Å²) in [7, 11) is -1.17. The lowest BCUT2D eigenvalue weighted by Gasteiger charge is -2.14. The number of fused-ring (bicyclic) bond motifs is 1. The monoisotopic (exact) mass is 235 g/mol. The third-order valence-corrected chi connectivity index (χ3v) is 3.83. The molecule has 2 aliphatic rings. The van der Waals surface area contributed by atoms with Crippen LogP contribution in [0.15, 0.2) is 6.07 Å². The van der Waals surface area contributed by atoms with E-state index in [9.17, 15) is 0 Å². The minimum absolute atomic E-state index is 0.00413. The second kappa shape index (κ2) is 4.44. The fraction of sp³-hybridized carbons (Fsp3) is 0.727. The molecule has 0 aliphatic carbocycles. The Bertz CT molecular complexity index is 386. The highest BCUT2D eigenvalue weighted by atomic mass is 16.4. The molecule has 0 saturated carbocycles. The number of aromatic nitrogens is 2. The summed E-state index contributed by atoms with van der Waals surface area (Å²) in [6, 6.07) is 2.19. The summed E-state index contributed by atoms with van der Waals surface area (Å²) in [5.41, 5.74) is 2.46. The van der Waals surface area contributed by atoms with Gasteiger partial charge in [-0.05, 0) is 38.4 Å². The van der Waals surface area contributed by atoms with Crippen molar-refractivity contribution in [3.63, 3.8) is 0 Å². The molecular weight excluding hydrogens is 217 g/mol. The average Bonchev–Trinajstić information content (AvgIpc) is 2.91. The Labute approximate surface area is 101 Å². The molecule has 1 aromatic heterocycles. The van der Waals surface area contributed by atoms with Crippen LogP contribution in [0.2, 0.25) is 5.82 Å². The number of hydrogen-bond donors (Lipinski definition) is 2. The van der Waals surface area contributed by atoms with Gasteiger partial charge >= 0.3 is 7.12 Å². The van der Waals surface area contributed by atoms with E-state index in [1.807, 2.05) is 0 Å². The van der Waals surface area contributed by atoms with E-state index in [1.54, 1.807) is 0 Å². The van der Waals surface area contributed by atoms with Gasteiger partial charge in [-0.25, -0.2) is 0 Å². The Balaban J connectivity index is 1.60. The first-order chi connectivity index (χ1) is 8.22. The predicted molar refractivity (Wildman–Crippen MR) is 64.4 cm³/mol. The van der Waals surface area contributed by atoms with Crippen LogP contribution in [0.5, 0.6) is 0 Å². The predicted octanol–water partition coefficient (Wildman–Crippen LogP) is -0.122. The number of rotatable bonds is 3. The van der Waals surface area contributed by atoms with E-state index in [4.69, 9.17) is 10.0 Å². The van der Waals surface area contributed by atoms with Gasteiger partial charge in [-0.15, -0.1) is 0 Å². The number of likely N-dealkylation sites (tertiary alicyclic amines) is 1. The van der Waals surface area contributed by atoms with Crippen molar-refractivity contribution in [2.75, 3.05) is 13.1 Å². The first kappa shape index (κ1) is 11.3. The van der Waals surface area contributed by atoms with Crippen LogP contribution in [-0.4, -0.2) is 44.9 Å². The standard InChI is InChI=1S/C11H18BN3O2/c16-12(17)9-3-5-14(7-9)8-10-6-11-2-1-4-15(11)13-10/h6,9,16-17H,1-5,7-8H2/t9-/m0/s1. The van der Waals surface area contributed by atoms with E-state index in [1.165, 1.54) is 12.1 Å². The number of aryl methyl sites for hydroxylation is 2. The molecule has 2 N–H and O–H groups in total. The number of hydrogen-bond acceptors (Lipinski definition) is 4. The first-order valence-corrected chi connectivity index (χ1v) is 6.36. The summed E-state index contributed by atoms with van der Waals surface area (Å²) in [6.07, 6.45) is 3.22. The van der Waals surface area contributed by atoms with E-state index in [2.05, 4.69) is 20.7 Å². The fourth-order valence-corrected chi connectivity index (χ4v) is 2.88. The van der Waals surface area contributed by atoms with Gasteiger partial charge in [-0.3, -0.25) is 9.58 Å². The Morgan fingerprint density at radius 2 is 2.29 bits per heavy atom. The van der Waals surface area contributed by atoms with Crippen molar-refractivity contribution in [3.05, 3.63) is 17.5 Å². The fourth-order valence-electron chi connectivity index (χ4n) is 2.88. The molecule has 0 spiro atoms. The highest BCUT2D eigenvalue weighted by molar-refractivity contribution is 6.43. The Morgan fingerprint density at radius 1 is 1.41 bits per heavy atom. The third-order valence-electron chi connectivity index (χ3n) is 3.83. The zero-order valence-electron chi connectivity index (χ0n) is 9.92. The topological polar surface area (TPSA) is 61.5 Å². The molecule has 6 heteroatoms. The van der Waals surface area contributed by atoms with Crippen LogP contribution in [0.3, 0.4) is 0 Å². The van der Waals surface area contributed by atoms with Gasteiger partial charge in [0.2, 0.25) is 0 Å². The van der Waals surface area contributed by atoms with Crippen LogP contribution < -0.4 is 0 Å². The SMILES string of the molecule is OB(O)[C@H]1CCN(Cc2cc3n(n2)CCC3)C1. The van der Waals surface area contributed by atoms with Crippen LogP contribution in [0, 0.1) is 0 Å². The average molecular weight is 235 g/mol. The van der Waals surface area contributed by atoms with Crippen LogP contribution in [-0.2, 0) is 19.5 Å². The Morgan fingerprint density at radius 3 is 3.00 bits per heavy atom. The molecule has 1 saturated heterocycles. The largest absolute Gasteiger partial charge is 0.456 e. The summed E-state index contributed by atoms with van der Waals surface area (Å²) in [5, 5.41) is 22.9. The van der Waals surface area contributed by atoms with Crippen molar-refractivity contribution >= 4 is 7.12 Å². The third kappa shape index (κ3) is 2.25. The minimum atomic E-state index is -1.17. The van der Waals surface area contributed by atoms with E-state index in [-0.39, 0.29) is 5.82 Å². The smallest absolute Gasteiger partial charge is 0.427 e. The molecule has 5 nitrogen and oxygen atoms in total. The molecule has 0 amide bonds.